The molecule has 1 aromatic carbocycles. The van der Waals surface area contributed by atoms with E-state index in [1.54, 1.807) is 0 Å². The maximum absolute atomic E-state index is 3.42. The van der Waals surface area contributed by atoms with Crippen LogP contribution in [-0.4, -0.2) is 13.1 Å². The van der Waals surface area contributed by atoms with Crippen LogP contribution in [0.15, 0.2) is 24.3 Å². The molecule has 0 saturated heterocycles. The van der Waals surface area contributed by atoms with Crippen LogP contribution < -0.4 is 5.32 Å². The molecule has 0 fully saturated rings. The Balaban J connectivity index is 2.58. The first-order valence-corrected chi connectivity index (χ1v) is 6.60. The fourth-order valence-electron chi connectivity index (χ4n) is 1.96. The largest absolute Gasteiger partial charge is 0.316 e. The minimum atomic E-state index is 1.08. The molecular weight excluding hydrogens is 206 g/mol. The summed E-state index contributed by atoms with van der Waals surface area (Å²) in [5.41, 5.74) is 5.48. The lowest BCUT2D eigenvalue weighted by Gasteiger charge is -2.08. The average Bonchev–Trinajstić information content (AvgIpc) is 2.32. The molecular formula is C16H25N. The Morgan fingerprint density at radius 2 is 2.00 bits per heavy atom. The number of hydrogen-bond donors (Lipinski definition) is 1. The predicted octanol–water partition coefficient (Wildman–Crippen LogP) is 4.10. The summed E-state index contributed by atoms with van der Waals surface area (Å²) in [6, 6.07) is 6.66. The van der Waals surface area contributed by atoms with E-state index in [2.05, 4.69) is 57.3 Å². The highest BCUT2D eigenvalue weighted by Gasteiger charge is 2.00. The van der Waals surface area contributed by atoms with E-state index in [0.717, 1.165) is 19.5 Å². The maximum Gasteiger partial charge on any atom is -0.00141 e. The zero-order valence-corrected chi connectivity index (χ0v) is 11.6. The van der Waals surface area contributed by atoms with E-state index >= 15 is 0 Å². The van der Waals surface area contributed by atoms with Gasteiger partial charge in [-0.3, -0.25) is 0 Å². The van der Waals surface area contributed by atoms with E-state index < -0.39 is 0 Å². The Morgan fingerprint density at radius 3 is 2.71 bits per heavy atom. The molecule has 1 aromatic rings. The Labute approximate surface area is 106 Å². The van der Waals surface area contributed by atoms with Crippen LogP contribution in [0, 0.1) is 13.8 Å². The Hall–Kier alpha value is -1.08. The molecule has 1 N–H and O–H groups in total. The van der Waals surface area contributed by atoms with Crippen molar-refractivity contribution in [1.82, 2.24) is 5.32 Å². The van der Waals surface area contributed by atoms with Gasteiger partial charge < -0.3 is 5.32 Å². The van der Waals surface area contributed by atoms with Gasteiger partial charge in [0.1, 0.15) is 0 Å². The van der Waals surface area contributed by atoms with Crippen LogP contribution in [-0.2, 0) is 0 Å². The lowest BCUT2D eigenvalue weighted by atomic mass is 9.99. The summed E-state index contributed by atoms with van der Waals surface area (Å²) >= 11 is 0. The molecule has 1 heteroatoms. The molecule has 0 aliphatic carbocycles. The third-order valence-electron chi connectivity index (χ3n) is 3.02. The first-order chi connectivity index (χ1) is 8.15. The minimum absolute atomic E-state index is 1.08. The van der Waals surface area contributed by atoms with Crippen molar-refractivity contribution < 1.29 is 0 Å². The van der Waals surface area contributed by atoms with E-state index in [4.69, 9.17) is 0 Å². The second-order valence-electron chi connectivity index (χ2n) is 4.74. The molecule has 0 amide bonds. The van der Waals surface area contributed by atoms with E-state index in [1.807, 2.05) is 0 Å². The van der Waals surface area contributed by atoms with Gasteiger partial charge in [0.15, 0.2) is 0 Å². The van der Waals surface area contributed by atoms with Crippen molar-refractivity contribution in [2.24, 2.45) is 0 Å². The summed E-state index contributed by atoms with van der Waals surface area (Å²) in [4.78, 5) is 0. The quantitative estimate of drug-likeness (QED) is 0.727. The van der Waals surface area contributed by atoms with Gasteiger partial charge >= 0.3 is 0 Å². The number of nitrogens with one attached hydrogen (secondary N) is 1. The fraction of sp³-hybridized carbons (Fsp3) is 0.500. The molecule has 94 valence electrons. The SMILES string of the molecule is CCCNCCC=C(C)c1cc(C)ccc1C. The standard InChI is InChI=1S/C16H25N/c1-5-10-17-11-6-7-14(3)16-12-13(2)8-9-15(16)4/h7-9,12,17H,5-6,10-11H2,1-4H3. The summed E-state index contributed by atoms with van der Waals surface area (Å²) in [6.07, 6.45) is 4.66. The molecule has 0 aliphatic rings. The Bertz CT molecular complexity index is 377. The third kappa shape index (κ3) is 4.74. The van der Waals surface area contributed by atoms with Crippen molar-refractivity contribution in [3.8, 4) is 0 Å². The second kappa shape index (κ2) is 7.29. The van der Waals surface area contributed by atoms with Gasteiger partial charge in [-0.15, -0.1) is 0 Å². The smallest absolute Gasteiger partial charge is 0.00141 e. The maximum atomic E-state index is 3.42. The number of hydrogen-bond acceptors (Lipinski definition) is 1. The van der Waals surface area contributed by atoms with Crippen molar-refractivity contribution in [3.63, 3.8) is 0 Å². The van der Waals surface area contributed by atoms with Crippen LogP contribution >= 0.6 is 0 Å². The molecule has 1 rings (SSSR count). The highest BCUT2D eigenvalue weighted by atomic mass is 14.8. The van der Waals surface area contributed by atoms with Gasteiger partial charge in [-0.2, -0.15) is 0 Å². The average molecular weight is 231 g/mol. The van der Waals surface area contributed by atoms with Gasteiger partial charge in [0, 0.05) is 0 Å². The highest BCUT2D eigenvalue weighted by Crippen LogP contribution is 2.20. The second-order valence-corrected chi connectivity index (χ2v) is 4.74. The van der Waals surface area contributed by atoms with Crippen molar-refractivity contribution in [1.29, 1.82) is 0 Å². The van der Waals surface area contributed by atoms with Crippen LogP contribution in [0.2, 0.25) is 0 Å². The first kappa shape index (κ1) is 14.0. The van der Waals surface area contributed by atoms with Gasteiger partial charge in [-0.1, -0.05) is 36.8 Å². The summed E-state index contributed by atoms with van der Waals surface area (Å²) < 4.78 is 0. The Kier molecular flexibility index (Phi) is 5.99. The summed E-state index contributed by atoms with van der Waals surface area (Å²) in [6.45, 7) is 10.9. The van der Waals surface area contributed by atoms with Crippen LogP contribution in [0.1, 0.15) is 43.4 Å². The summed E-state index contributed by atoms with van der Waals surface area (Å²) in [5.74, 6) is 0. The van der Waals surface area contributed by atoms with Crippen LogP contribution in [0.4, 0.5) is 0 Å². The first-order valence-electron chi connectivity index (χ1n) is 6.60. The number of aryl methyl sites for hydroxylation is 2. The molecule has 0 bridgehead atoms. The molecule has 0 aromatic heterocycles. The molecule has 1 nitrogen and oxygen atoms in total. The zero-order valence-electron chi connectivity index (χ0n) is 11.6. The molecule has 0 unspecified atom stereocenters. The lowest BCUT2D eigenvalue weighted by molar-refractivity contribution is 0.678. The molecule has 0 radical (unpaired) electrons. The van der Waals surface area contributed by atoms with E-state index in [-0.39, 0.29) is 0 Å². The normalized spacial score (nSPS) is 11.9. The number of rotatable bonds is 6. The lowest BCUT2D eigenvalue weighted by Crippen LogP contribution is -2.15. The van der Waals surface area contributed by atoms with Gasteiger partial charge in [-0.25, -0.2) is 0 Å². The third-order valence-corrected chi connectivity index (χ3v) is 3.02. The van der Waals surface area contributed by atoms with Gasteiger partial charge in [0.05, 0.1) is 0 Å². The fourth-order valence-corrected chi connectivity index (χ4v) is 1.96. The van der Waals surface area contributed by atoms with Crippen LogP contribution in [0.3, 0.4) is 0 Å². The van der Waals surface area contributed by atoms with Crippen molar-refractivity contribution in [2.45, 2.75) is 40.5 Å². The van der Waals surface area contributed by atoms with Crippen molar-refractivity contribution in [2.75, 3.05) is 13.1 Å². The summed E-state index contributed by atoms with van der Waals surface area (Å²) in [7, 11) is 0. The number of benzene rings is 1. The van der Waals surface area contributed by atoms with Gasteiger partial charge in [-0.05, 0) is 63.4 Å². The monoisotopic (exact) mass is 231 g/mol. The van der Waals surface area contributed by atoms with Gasteiger partial charge in [0.25, 0.3) is 0 Å². The van der Waals surface area contributed by atoms with Crippen molar-refractivity contribution in [3.05, 3.63) is 41.0 Å². The Morgan fingerprint density at radius 1 is 1.24 bits per heavy atom. The van der Waals surface area contributed by atoms with Gasteiger partial charge in [0.2, 0.25) is 0 Å². The molecule has 0 heterocycles. The molecule has 0 spiro atoms. The molecule has 0 atom stereocenters. The topological polar surface area (TPSA) is 12.0 Å². The predicted molar refractivity (Wildman–Crippen MR) is 77.3 cm³/mol. The zero-order chi connectivity index (χ0) is 12.7. The minimum Gasteiger partial charge on any atom is -0.316 e. The van der Waals surface area contributed by atoms with E-state index in [1.165, 1.54) is 28.7 Å². The highest BCUT2D eigenvalue weighted by molar-refractivity contribution is 5.66. The molecule has 17 heavy (non-hydrogen) atoms. The number of allylic oxidation sites excluding steroid dienone is 1. The molecule has 0 saturated carbocycles. The van der Waals surface area contributed by atoms with Crippen LogP contribution in [0.5, 0.6) is 0 Å². The molecule has 0 aliphatic heterocycles. The van der Waals surface area contributed by atoms with Crippen LogP contribution in [0.25, 0.3) is 5.57 Å². The summed E-state index contributed by atoms with van der Waals surface area (Å²) in [5, 5.41) is 3.42. The van der Waals surface area contributed by atoms with E-state index in [9.17, 15) is 0 Å². The van der Waals surface area contributed by atoms with E-state index in [0.29, 0.717) is 0 Å². The van der Waals surface area contributed by atoms with Crippen molar-refractivity contribution >= 4 is 5.57 Å².